The first kappa shape index (κ1) is 19.1. The van der Waals surface area contributed by atoms with Crippen LogP contribution in [0.5, 0.6) is 0 Å². The lowest BCUT2D eigenvalue weighted by Crippen LogP contribution is -3.17. The number of nitrogens with one attached hydrogen (secondary N) is 2. The first-order valence-electron chi connectivity index (χ1n) is 8.85. The number of piperidine rings is 1. The molecule has 1 aromatic rings. The largest absolute Gasteiger partial charge is 0.466 e. The second kappa shape index (κ2) is 8.76. The standard InChI is InChI=1S/C19H26N2O4/c1-4-25-19(24)16-9-11-21(12-10-16)13(2)18(23)20-17-7-5-15(6-8-17)14(3)22/h5-8,13,16H,4,9-12H2,1-3H3,(H,20,23)/p+1/t13-/m0/s1. The van der Waals surface area contributed by atoms with Gasteiger partial charge < -0.3 is 15.0 Å². The second-order valence-corrected chi connectivity index (χ2v) is 6.53. The summed E-state index contributed by atoms with van der Waals surface area (Å²) in [5, 5.41) is 2.90. The van der Waals surface area contributed by atoms with Gasteiger partial charge in [-0.25, -0.2) is 0 Å². The summed E-state index contributed by atoms with van der Waals surface area (Å²) in [7, 11) is 0. The lowest BCUT2D eigenvalue weighted by Gasteiger charge is -2.31. The van der Waals surface area contributed by atoms with Gasteiger partial charge in [-0.15, -0.1) is 0 Å². The number of Topliss-reactive ketones (excluding diaryl/α,β-unsaturated/α-hetero) is 1. The van der Waals surface area contributed by atoms with Gasteiger partial charge in [-0.05, 0) is 45.0 Å². The van der Waals surface area contributed by atoms with Crippen LogP contribution in [0.15, 0.2) is 24.3 Å². The number of likely N-dealkylation sites (tertiary alicyclic amines) is 1. The Morgan fingerprint density at radius 2 is 1.80 bits per heavy atom. The molecule has 2 N–H and O–H groups in total. The van der Waals surface area contributed by atoms with Gasteiger partial charge in [0.15, 0.2) is 11.8 Å². The number of esters is 1. The normalized spacial score (nSPS) is 21.2. The van der Waals surface area contributed by atoms with Crippen LogP contribution in [0, 0.1) is 5.92 Å². The van der Waals surface area contributed by atoms with Crippen LogP contribution in [0.2, 0.25) is 0 Å². The zero-order valence-electron chi connectivity index (χ0n) is 15.1. The molecule has 6 heteroatoms. The van der Waals surface area contributed by atoms with Crippen molar-refractivity contribution in [2.75, 3.05) is 25.0 Å². The van der Waals surface area contributed by atoms with Gasteiger partial charge >= 0.3 is 5.97 Å². The Balaban J connectivity index is 1.86. The minimum atomic E-state index is -0.198. The molecule has 0 aromatic heterocycles. The van der Waals surface area contributed by atoms with Crippen LogP contribution in [0.1, 0.15) is 44.0 Å². The molecule has 6 nitrogen and oxygen atoms in total. The molecule has 1 aliphatic heterocycles. The molecule has 0 radical (unpaired) electrons. The van der Waals surface area contributed by atoms with Crippen molar-refractivity contribution < 1.29 is 24.0 Å². The van der Waals surface area contributed by atoms with Gasteiger partial charge in [-0.3, -0.25) is 14.4 Å². The van der Waals surface area contributed by atoms with Crippen molar-refractivity contribution in [1.29, 1.82) is 0 Å². The third kappa shape index (κ3) is 5.13. The number of ketones is 1. The van der Waals surface area contributed by atoms with E-state index < -0.39 is 0 Å². The molecule has 1 saturated heterocycles. The van der Waals surface area contributed by atoms with Crippen molar-refractivity contribution in [2.24, 2.45) is 5.92 Å². The van der Waals surface area contributed by atoms with Crippen LogP contribution in [-0.2, 0) is 14.3 Å². The van der Waals surface area contributed by atoms with Crippen LogP contribution >= 0.6 is 0 Å². The molecule has 1 aliphatic rings. The molecule has 1 heterocycles. The molecule has 1 amide bonds. The molecule has 1 fully saturated rings. The van der Waals surface area contributed by atoms with E-state index in [1.807, 2.05) is 13.8 Å². The van der Waals surface area contributed by atoms with Crippen molar-refractivity contribution in [1.82, 2.24) is 0 Å². The molecule has 2 rings (SSSR count). The fourth-order valence-corrected chi connectivity index (χ4v) is 3.14. The van der Waals surface area contributed by atoms with Gasteiger partial charge in [0.1, 0.15) is 0 Å². The fourth-order valence-electron chi connectivity index (χ4n) is 3.14. The highest BCUT2D eigenvalue weighted by molar-refractivity contribution is 5.96. The predicted molar refractivity (Wildman–Crippen MR) is 94.6 cm³/mol. The number of carbonyl (C=O) groups excluding carboxylic acids is 3. The molecule has 0 unspecified atom stereocenters. The maximum absolute atomic E-state index is 12.5. The first-order valence-corrected chi connectivity index (χ1v) is 8.85. The molecule has 0 bridgehead atoms. The van der Waals surface area contributed by atoms with Gasteiger partial charge in [0.2, 0.25) is 0 Å². The lowest BCUT2D eigenvalue weighted by molar-refractivity contribution is -0.919. The minimum absolute atomic E-state index is 0.000148. The van der Waals surface area contributed by atoms with E-state index >= 15 is 0 Å². The van der Waals surface area contributed by atoms with Crippen molar-refractivity contribution in [2.45, 2.75) is 39.7 Å². The molecule has 136 valence electrons. The number of anilines is 1. The molecule has 25 heavy (non-hydrogen) atoms. The SMILES string of the molecule is CCOC(=O)C1CC[NH+]([C@@H](C)C(=O)Nc2ccc(C(C)=O)cc2)CC1. The van der Waals surface area contributed by atoms with E-state index in [2.05, 4.69) is 5.32 Å². The number of hydrogen-bond acceptors (Lipinski definition) is 4. The maximum atomic E-state index is 12.5. The van der Waals surface area contributed by atoms with E-state index in [-0.39, 0.29) is 29.6 Å². The van der Waals surface area contributed by atoms with Gasteiger partial charge in [0.05, 0.1) is 25.6 Å². The van der Waals surface area contributed by atoms with E-state index in [4.69, 9.17) is 4.74 Å². The number of amides is 1. The zero-order chi connectivity index (χ0) is 18.4. The Hall–Kier alpha value is -2.21. The third-order valence-corrected chi connectivity index (χ3v) is 4.81. The Bertz CT molecular complexity index is 619. The van der Waals surface area contributed by atoms with Crippen molar-refractivity contribution in [3.05, 3.63) is 29.8 Å². The van der Waals surface area contributed by atoms with Crippen molar-refractivity contribution >= 4 is 23.3 Å². The van der Waals surface area contributed by atoms with Gasteiger partial charge in [0, 0.05) is 24.1 Å². The molecule has 1 aromatic carbocycles. The summed E-state index contributed by atoms with van der Waals surface area (Å²) in [5.41, 5.74) is 1.31. The van der Waals surface area contributed by atoms with Crippen LogP contribution in [-0.4, -0.2) is 43.4 Å². The topological polar surface area (TPSA) is 76.9 Å². The van der Waals surface area contributed by atoms with E-state index in [1.165, 1.54) is 11.8 Å². The highest BCUT2D eigenvalue weighted by Gasteiger charge is 2.33. The summed E-state index contributed by atoms with van der Waals surface area (Å²) in [4.78, 5) is 36.7. The number of carbonyl (C=O) groups is 3. The Morgan fingerprint density at radius 3 is 2.32 bits per heavy atom. The monoisotopic (exact) mass is 347 g/mol. The maximum Gasteiger partial charge on any atom is 0.309 e. The molecular formula is C19H27N2O4+. The average Bonchev–Trinajstić information content (AvgIpc) is 2.61. The number of ether oxygens (including phenoxy) is 1. The number of quaternary nitrogens is 1. The van der Waals surface area contributed by atoms with Crippen molar-refractivity contribution in [3.63, 3.8) is 0 Å². The number of rotatable bonds is 6. The summed E-state index contributed by atoms with van der Waals surface area (Å²) < 4.78 is 5.08. The summed E-state index contributed by atoms with van der Waals surface area (Å²) >= 11 is 0. The smallest absolute Gasteiger partial charge is 0.309 e. The number of benzene rings is 1. The van der Waals surface area contributed by atoms with E-state index in [1.54, 1.807) is 24.3 Å². The summed E-state index contributed by atoms with van der Waals surface area (Å²) in [6, 6.07) is 6.70. The molecule has 1 atom stereocenters. The minimum Gasteiger partial charge on any atom is -0.466 e. The highest BCUT2D eigenvalue weighted by Crippen LogP contribution is 2.13. The highest BCUT2D eigenvalue weighted by atomic mass is 16.5. The van der Waals surface area contributed by atoms with Gasteiger partial charge in [-0.1, -0.05) is 0 Å². The third-order valence-electron chi connectivity index (χ3n) is 4.81. The van der Waals surface area contributed by atoms with E-state index in [0.29, 0.717) is 17.9 Å². The quantitative estimate of drug-likeness (QED) is 0.596. The lowest BCUT2D eigenvalue weighted by atomic mass is 9.96. The van der Waals surface area contributed by atoms with Crippen LogP contribution in [0.25, 0.3) is 0 Å². The Kier molecular flexibility index (Phi) is 6.70. The Labute approximate surface area is 148 Å². The summed E-state index contributed by atoms with van der Waals surface area (Å²) in [5.74, 6) is -0.220. The van der Waals surface area contributed by atoms with E-state index in [9.17, 15) is 14.4 Å². The first-order chi connectivity index (χ1) is 11.9. The Morgan fingerprint density at radius 1 is 1.20 bits per heavy atom. The molecule has 0 saturated carbocycles. The van der Waals surface area contributed by atoms with Crippen LogP contribution in [0.4, 0.5) is 5.69 Å². The zero-order valence-corrected chi connectivity index (χ0v) is 15.1. The van der Waals surface area contributed by atoms with E-state index in [0.717, 1.165) is 25.9 Å². The predicted octanol–water partition coefficient (Wildman–Crippen LogP) is 1.07. The second-order valence-electron chi connectivity index (χ2n) is 6.53. The van der Waals surface area contributed by atoms with Crippen molar-refractivity contribution in [3.8, 4) is 0 Å². The van der Waals surface area contributed by atoms with Gasteiger partial charge in [-0.2, -0.15) is 0 Å². The van der Waals surface area contributed by atoms with Gasteiger partial charge in [0.25, 0.3) is 5.91 Å². The summed E-state index contributed by atoms with van der Waals surface area (Å²) in [6.07, 6.45) is 1.50. The van der Waals surface area contributed by atoms with Crippen LogP contribution < -0.4 is 10.2 Å². The number of hydrogen-bond donors (Lipinski definition) is 2. The fraction of sp³-hybridized carbons (Fsp3) is 0.526. The average molecular weight is 347 g/mol. The van der Waals surface area contributed by atoms with Crippen LogP contribution in [0.3, 0.4) is 0 Å². The molecule has 0 aliphatic carbocycles. The molecule has 0 spiro atoms. The summed E-state index contributed by atoms with van der Waals surface area (Å²) in [6.45, 7) is 7.20. The molecular weight excluding hydrogens is 320 g/mol.